The Bertz CT molecular complexity index is 400. The van der Waals surface area contributed by atoms with Gasteiger partial charge in [0.05, 0.1) is 0 Å². The molecular weight excluding hydrogens is 237 g/mol. The summed E-state index contributed by atoms with van der Waals surface area (Å²) in [5, 5.41) is 0. The van der Waals surface area contributed by atoms with E-state index in [0.717, 1.165) is 12.0 Å². The van der Waals surface area contributed by atoms with Crippen LogP contribution in [-0.4, -0.2) is 0 Å². The van der Waals surface area contributed by atoms with Crippen LogP contribution in [0.5, 0.6) is 5.75 Å². The maximum Gasteiger partial charge on any atom is 1.00 e. The molecule has 0 aliphatic rings. The summed E-state index contributed by atoms with van der Waals surface area (Å²) in [6.45, 7) is 6.23. The zero-order valence-electron chi connectivity index (χ0n) is 10.6. The average Bonchev–Trinajstić information content (AvgIpc) is 2.16. The van der Waals surface area contributed by atoms with Crippen LogP contribution >= 0.6 is 7.91 Å². The molecular formula is C11H15FLiO3P. The molecule has 0 radical (unpaired) electrons. The Morgan fingerprint density at radius 2 is 1.82 bits per heavy atom. The van der Waals surface area contributed by atoms with E-state index in [0.29, 0.717) is 0 Å². The molecule has 0 spiro atoms. The van der Waals surface area contributed by atoms with E-state index in [1.807, 2.05) is 0 Å². The predicted octanol–water partition coefficient (Wildman–Crippen LogP) is 0.195. The molecule has 1 rings (SSSR count). The van der Waals surface area contributed by atoms with Crippen molar-refractivity contribution in [2.45, 2.75) is 32.6 Å². The number of halogens is 1. The van der Waals surface area contributed by atoms with Crippen LogP contribution in [0.15, 0.2) is 24.3 Å². The quantitative estimate of drug-likeness (QED) is 0.568. The molecule has 0 amide bonds. The second kappa shape index (κ2) is 6.07. The Morgan fingerprint density at radius 3 is 2.18 bits per heavy atom. The molecule has 0 bridgehead atoms. The number of benzene rings is 1. The van der Waals surface area contributed by atoms with Gasteiger partial charge in [0.15, 0.2) is 0 Å². The summed E-state index contributed by atoms with van der Waals surface area (Å²) in [7, 11) is -5.20. The summed E-state index contributed by atoms with van der Waals surface area (Å²) in [5.74, 6) is -0.00325. The Kier molecular flexibility index (Phi) is 5.97. The van der Waals surface area contributed by atoms with E-state index in [4.69, 9.17) is 0 Å². The van der Waals surface area contributed by atoms with Gasteiger partial charge in [0.1, 0.15) is 5.75 Å². The van der Waals surface area contributed by atoms with Crippen LogP contribution < -0.4 is 28.3 Å². The minimum Gasteiger partial charge on any atom is -0.743 e. The van der Waals surface area contributed by atoms with Crippen LogP contribution in [0.4, 0.5) is 4.20 Å². The molecule has 0 saturated heterocycles. The summed E-state index contributed by atoms with van der Waals surface area (Å²) in [6, 6.07) is 6.40. The molecule has 0 heterocycles. The second-order valence-electron chi connectivity index (χ2n) is 4.28. The monoisotopic (exact) mass is 252 g/mol. The van der Waals surface area contributed by atoms with Crippen molar-refractivity contribution >= 4 is 7.91 Å². The number of hydrogen-bond acceptors (Lipinski definition) is 3. The van der Waals surface area contributed by atoms with Crippen LogP contribution in [0.25, 0.3) is 0 Å². The molecule has 1 aromatic rings. The average molecular weight is 252 g/mol. The van der Waals surface area contributed by atoms with E-state index in [2.05, 4.69) is 25.3 Å². The van der Waals surface area contributed by atoms with Gasteiger partial charge >= 0.3 is 26.8 Å². The maximum atomic E-state index is 12.3. The van der Waals surface area contributed by atoms with Crippen molar-refractivity contribution in [3.8, 4) is 5.75 Å². The first-order valence-electron chi connectivity index (χ1n) is 5.05. The van der Waals surface area contributed by atoms with Crippen LogP contribution in [0.1, 0.15) is 32.8 Å². The zero-order chi connectivity index (χ0) is 12.4. The molecule has 6 heteroatoms. The normalized spacial score (nSPS) is 14.6. The molecule has 3 nitrogen and oxygen atoms in total. The van der Waals surface area contributed by atoms with Gasteiger partial charge in [0, 0.05) is 0 Å². The first-order chi connectivity index (χ1) is 7.24. The summed E-state index contributed by atoms with van der Waals surface area (Å²) >= 11 is 0. The molecule has 0 aliphatic carbocycles. The van der Waals surface area contributed by atoms with Gasteiger partial charge in [-0.05, 0) is 29.5 Å². The third kappa shape index (κ3) is 5.27. The van der Waals surface area contributed by atoms with Crippen molar-refractivity contribution in [3.05, 3.63) is 29.8 Å². The van der Waals surface area contributed by atoms with E-state index < -0.39 is 7.91 Å². The molecule has 0 aliphatic heterocycles. The number of rotatable bonds is 4. The van der Waals surface area contributed by atoms with Crippen LogP contribution in [0, 0.1) is 0 Å². The van der Waals surface area contributed by atoms with Crippen molar-refractivity contribution in [3.63, 3.8) is 0 Å². The van der Waals surface area contributed by atoms with Gasteiger partial charge in [-0.25, -0.2) is 0 Å². The van der Waals surface area contributed by atoms with E-state index in [1.54, 1.807) is 12.1 Å². The van der Waals surface area contributed by atoms with Gasteiger partial charge < -0.3 is 9.42 Å². The smallest absolute Gasteiger partial charge is 0.743 e. The van der Waals surface area contributed by atoms with Gasteiger partial charge in [0.2, 0.25) is 0 Å². The first kappa shape index (κ1) is 16.7. The third-order valence-corrected chi connectivity index (χ3v) is 3.16. The van der Waals surface area contributed by atoms with Gasteiger partial charge in [-0.3, -0.25) is 4.57 Å². The van der Waals surface area contributed by atoms with Gasteiger partial charge in [-0.2, -0.15) is 4.20 Å². The molecule has 1 aromatic carbocycles. The molecule has 0 fully saturated rings. The summed E-state index contributed by atoms with van der Waals surface area (Å²) < 4.78 is 26.7. The molecule has 0 N–H and O–H groups in total. The maximum absolute atomic E-state index is 12.3. The Morgan fingerprint density at radius 1 is 1.35 bits per heavy atom. The van der Waals surface area contributed by atoms with E-state index in [1.165, 1.54) is 12.1 Å². The molecule has 17 heavy (non-hydrogen) atoms. The van der Waals surface area contributed by atoms with Crippen LogP contribution in [-0.2, 0) is 9.98 Å². The van der Waals surface area contributed by atoms with Crippen molar-refractivity contribution in [1.82, 2.24) is 0 Å². The summed E-state index contributed by atoms with van der Waals surface area (Å²) in [6.07, 6.45) is 0.955. The van der Waals surface area contributed by atoms with Gasteiger partial charge in [-0.15, -0.1) is 0 Å². The van der Waals surface area contributed by atoms with Crippen molar-refractivity contribution < 1.29 is 37.0 Å². The zero-order valence-corrected chi connectivity index (χ0v) is 11.5. The Labute approximate surface area is 113 Å². The molecule has 0 saturated carbocycles. The van der Waals surface area contributed by atoms with Crippen LogP contribution in [0.3, 0.4) is 0 Å². The largest absolute Gasteiger partial charge is 1.00 e. The number of hydrogen-bond donors (Lipinski definition) is 0. The standard InChI is InChI=1S/C11H16FO3P.Li/c1-4-11(2,3)9-5-7-10(8-6-9)15-16(12,13)14;/h5-8H,4H2,1-3H3,(H,13,14);/q;+1/p-1. The van der Waals surface area contributed by atoms with Gasteiger partial charge in [0.25, 0.3) is 0 Å². The van der Waals surface area contributed by atoms with E-state index in [-0.39, 0.29) is 30.0 Å². The van der Waals surface area contributed by atoms with E-state index in [9.17, 15) is 13.7 Å². The summed E-state index contributed by atoms with van der Waals surface area (Å²) in [4.78, 5) is 10.3. The topological polar surface area (TPSA) is 49.4 Å². The fourth-order valence-corrected chi connectivity index (χ4v) is 1.67. The summed E-state index contributed by atoms with van der Waals surface area (Å²) in [5.41, 5.74) is 1.07. The van der Waals surface area contributed by atoms with Crippen molar-refractivity contribution in [1.29, 1.82) is 0 Å². The minimum absolute atomic E-state index is 0. The Balaban J connectivity index is 0.00000256. The van der Waals surface area contributed by atoms with Crippen molar-refractivity contribution in [2.24, 2.45) is 0 Å². The van der Waals surface area contributed by atoms with Gasteiger partial charge in [-0.1, -0.05) is 32.9 Å². The Hall–Kier alpha value is -0.263. The minimum atomic E-state index is -5.20. The molecule has 1 atom stereocenters. The fraction of sp³-hybridized carbons (Fsp3) is 0.455. The molecule has 1 unspecified atom stereocenters. The molecule has 0 aromatic heterocycles. The van der Waals surface area contributed by atoms with Crippen molar-refractivity contribution in [2.75, 3.05) is 0 Å². The van der Waals surface area contributed by atoms with E-state index >= 15 is 0 Å². The third-order valence-electron chi connectivity index (χ3n) is 2.73. The second-order valence-corrected chi connectivity index (χ2v) is 5.33. The molecule has 90 valence electrons. The SMILES string of the molecule is CCC(C)(C)c1ccc(OP(=O)([O-])F)cc1.[Li+]. The van der Waals surface area contributed by atoms with Crippen LogP contribution in [0.2, 0.25) is 0 Å². The first-order valence-corrected chi connectivity index (χ1v) is 6.49. The fourth-order valence-electron chi connectivity index (χ4n) is 1.30. The predicted molar refractivity (Wildman–Crippen MR) is 59.1 cm³/mol.